The summed E-state index contributed by atoms with van der Waals surface area (Å²) in [6, 6.07) is 33.4. The molecule has 3 aromatic heterocycles. The summed E-state index contributed by atoms with van der Waals surface area (Å²) in [5.74, 6) is 0.977. The molecule has 1 aliphatic heterocycles. The second-order valence-electron chi connectivity index (χ2n) is 11.1. The summed E-state index contributed by atoms with van der Waals surface area (Å²) in [7, 11) is 0. The number of halogens is 1. The van der Waals surface area contributed by atoms with E-state index < -0.39 is 5.79 Å². The Morgan fingerprint density at radius 3 is 2.40 bits per heavy atom. The van der Waals surface area contributed by atoms with Gasteiger partial charge in [0.2, 0.25) is 5.79 Å². The molecule has 1 saturated heterocycles. The molecule has 228 valence electrons. The topological polar surface area (TPSA) is 63.3 Å². The fraction of sp³-hybridized carbons (Fsp3) is 0.222. The van der Waals surface area contributed by atoms with E-state index in [0.717, 1.165) is 50.9 Å². The highest BCUT2D eigenvalue weighted by atomic mass is 79.9. The van der Waals surface area contributed by atoms with Crippen molar-refractivity contribution in [1.82, 2.24) is 19.1 Å². The molecular weight excluding hydrogens is 648 g/mol. The van der Waals surface area contributed by atoms with Crippen molar-refractivity contribution < 1.29 is 14.2 Å². The first-order chi connectivity index (χ1) is 22.1. The first-order valence-corrected chi connectivity index (χ1v) is 16.6. The van der Waals surface area contributed by atoms with Gasteiger partial charge in [0.25, 0.3) is 0 Å². The molecule has 45 heavy (non-hydrogen) atoms. The van der Waals surface area contributed by atoms with E-state index in [1.54, 1.807) is 23.9 Å². The van der Waals surface area contributed by atoms with Crippen molar-refractivity contribution >= 4 is 27.3 Å². The van der Waals surface area contributed by atoms with Crippen LogP contribution in [0.1, 0.15) is 21.8 Å². The van der Waals surface area contributed by atoms with E-state index in [0.29, 0.717) is 19.8 Å². The Morgan fingerprint density at radius 1 is 0.911 bits per heavy atom. The van der Waals surface area contributed by atoms with E-state index in [9.17, 15) is 0 Å². The summed E-state index contributed by atoms with van der Waals surface area (Å²) in [5, 5.41) is 0. The number of rotatable bonds is 12. The van der Waals surface area contributed by atoms with Crippen molar-refractivity contribution in [2.24, 2.45) is 0 Å². The first-order valence-electron chi connectivity index (χ1n) is 15.0. The van der Waals surface area contributed by atoms with Gasteiger partial charge in [-0.3, -0.25) is 0 Å². The number of aryl methyl sites for hydroxylation is 2. The van der Waals surface area contributed by atoms with Crippen LogP contribution in [0.25, 0.3) is 11.3 Å². The monoisotopic (exact) mass is 680 g/mol. The van der Waals surface area contributed by atoms with E-state index in [4.69, 9.17) is 19.2 Å². The van der Waals surface area contributed by atoms with Crippen molar-refractivity contribution in [3.05, 3.63) is 148 Å². The van der Waals surface area contributed by atoms with E-state index in [2.05, 4.69) is 98.3 Å². The van der Waals surface area contributed by atoms with Gasteiger partial charge in [-0.25, -0.2) is 9.97 Å². The van der Waals surface area contributed by atoms with Crippen molar-refractivity contribution in [1.29, 1.82) is 0 Å². The molecule has 2 unspecified atom stereocenters. The molecule has 0 N–H and O–H groups in total. The van der Waals surface area contributed by atoms with Crippen molar-refractivity contribution in [3.8, 4) is 17.0 Å². The van der Waals surface area contributed by atoms with Gasteiger partial charge < -0.3 is 23.3 Å². The zero-order valence-corrected chi connectivity index (χ0v) is 27.1. The van der Waals surface area contributed by atoms with E-state index in [1.165, 1.54) is 11.1 Å². The Kier molecular flexibility index (Phi) is 8.93. The lowest BCUT2D eigenvalue weighted by atomic mass is 10.1. The lowest BCUT2D eigenvalue weighted by molar-refractivity contribution is -0.186. The number of thiophene rings is 1. The van der Waals surface area contributed by atoms with Crippen LogP contribution in [0.15, 0.2) is 126 Å². The molecule has 0 bridgehead atoms. The minimum atomic E-state index is -0.884. The van der Waals surface area contributed by atoms with Gasteiger partial charge in [0.1, 0.15) is 24.3 Å². The second-order valence-corrected chi connectivity index (χ2v) is 13.6. The Balaban J connectivity index is 1.04. The van der Waals surface area contributed by atoms with Gasteiger partial charge in [0.15, 0.2) is 0 Å². The molecule has 0 aliphatic carbocycles. The SMILES string of the molecule is Brc1ccc(C2(Cn3ccnc3)OCC(COc3ccc(-c4cnc(CCc5ccccc5)n4Cc4ccccc4)cc3)O2)s1. The molecule has 9 heteroatoms. The number of benzene rings is 3. The van der Waals surface area contributed by atoms with Crippen molar-refractivity contribution in [3.63, 3.8) is 0 Å². The molecule has 0 radical (unpaired) electrons. The highest BCUT2D eigenvalue weighted by Crippen LogP contribution is 2.41. The first kappa shape index (κ1) is 29.7. The maximum atomic E-state index is 6.55. The van der Waals surface area contributed by atoms with Crippen LogP contribution in [0.4, 0.5) is 0 Å². The lowest BCUT2D eigenvalue weighted by Gasteiger charge is -2.27. The zero-order valence-electron chi connectivity index (χ0n) is 24.7. The fourth-order valence-electron chi connectivity index (χ4n) is 5.67. The maximum absolute atomic E-state index is 6.55. The summed E-state index contributed by atoms with van der Waals surface area (Å²) in [5.41, 5.74) is 4.75. The predicted molar refractivity (Wildman–Crippen MR) is 179 cm³/mol. The maximum Gasteiger partial charge on any atom is 0.223 e. The predicted octanol–water partition coefficient (Wildman–Crippen LogP) is 7.75. The quantitative estimate of drug-likeness (QED) is 0.132. The highest BCUT2D eigenvalue weighted by molar-refractivity contribution is 9.11. The van der Waals surface area contributed by atoms with Crippen LogP contribution in [0.2, 0.25) is 0 Å². The number of hydrogen-bond donors (Lipinski definition) is 0. The highest BCUT2D eigenvalue weighted by Gasteiger charge is 2.45. The molecule has 0 saturated carbocycles. The van der Waals surface area contributed by atoms with E-state index in [1.807, 2.05) is 41.2 Å². The molecular formula is C36H33BrN4O3S. The average Bonchev–Trinajstić information content (AvgIpc) is 3.90. The lowest BCUT2D eigenvalue weighted by Crippen LogP contribution is -2.33. The molecule has 1 fully saturated rings. The molecule has 1 aliphatic rings. The van der Waals surface area contributed by atoms with Crippen LogP contribution in [-0.2, 0) is 41.2 Å². The third kappa shape index (κ3) is 6.97. The van der Waals surface area contributed by atoms with Gasteiger partial charge in [0, 0.05) is 30.9 Å². The summed E-state index contributed by atoms with van der Waals surface area (Å²) in [6.07, 6.45) is 9.05. The van der Waals surface area contributed by atoms with E-state index in [-0.39, 0.29) is 6.10 Å². The zero-order chi connectivity index (χ0) is 30.5. The van der Waals surface area contributed by atoms with Gasteiger partial charge in [-0.05, 0) is 69.9 Å². The standard InChI is InChI=1S/C36H33BrN4O3S/c37-34-17-16-33(45-34)36(25-40-20-19-38-26-40)43-24-31(44-36)23-42-30-14-12-29(13-15-30)32-21-39-35(18-11-27-7-3-1-4-8-27)41(32)22-28-9-5-2-6-10-28/h1-10,12-17,19-21,26,31H,11,18,22-25H2. The number of nitrogens with zero attached hydrogens (tertiary/aromatic N) is 4. The number of hydrogen-bond acceptors (Lipinski definition) is 6. The number of imidazole rings is 2. The van der Waals surface area contributed by atoms with Crippen LogP contribution in [-0.4, -0.2) is 38.4 Å². The Bertz CT molecular complexity index is 1810. The number of ether oxygens (including phenoxy) is 3. The van der Waals surface area contributed by atoms with Gasteiger partial charge in [-0.15, -0.1) is 11.3 Å². The summed E-state index contributed by atoms with van der Waals surface area (Å²) >= 11 is 5.19. The van der Waals surface area contributed by atoms with Gasteiger partial charge in [-0.1, -0.05) is 60.7 Å². The van der Waals surface area contributed by atoms with Crippen LogP contribution in [0.3, 0.4) is 0 Å². The van der Waals surface area contributed by atoms with Gasteiger partial charge in [0.05, 0.1) is 40.0 Å². The normalized spacial score (nSPS) is 17.9. The van der Waals surface area contributed by atoms with Crippen LogP contribution < -0.4 is 4.74 Å². The molecule has 7 nitrogen and oxygen atoms in total. The molecule has 6 aromatic rings. The summed E-state index contributed by atoms with van der Waals surface area (Å²) in [4.78, 5) is 10.1. The fourth-order valence-corrected chi connectivity index (χ4v) is 7.14. The van der Waals surface area contributed by atoms with Crippen molar-refractivity contribution in [2.75, 3.05) is 13.2 Å². The minimum absolute atomic E-state index is 0.214. The molecule has 3 aromatic carbocycles. The Morgan fingerprint density at radius 2 is 1.69 bits per heavy atom. The van der Waals surface area contributed by atoms with Gasteiger partial charge >= 0.3 is 0 Å². The molecule has 7 rings (SSSR count). The second kappa shape index (κ2) is 13.5. The van der Waals surface area contributed by atoms with Crippen LogP contribution in [0, 0.1) is 0 Å². The van der Waals surface area contributed by atoms with Crippen LogP contribution in [0.5, 0.6) is 5.75 Å². The van der Waals surface area contributed by atoms with Crippen LogP contribution >= 0.6 is 27.3 Å². The van der Waals surface area contributed by atoms with E-state index >= 15 is 0 Å². The molecule has 2 atom stereocenters. The van der Waals surface area contributed by atoms with Crippen molar-refractivity contribution in [2.45, 2.75) is 37.8 Å². The number of aromatic nitrogens is 4. The Hall–Kier alpha value is -4.02. The van der Waals surface area contributed by atoms with Gasteiger partial charge in [-0.2, -0.15) is 0 Å². The summed E-state index contributed by atoms with van der Waals surface area (Å²) in [6.45, 7) is 2.09. The minimum Gasteiger partial charge on any atom is -0.491 e. The molecule has 0 amide bonds. The Labute approximate surface area is 275 Å². The smallest absolute Gasteiger partial charge is 0.223 e. The third-order valence-electron chi connectivity index (χ3n) is 7.95. The molecule has 0 spiro atoms. The third-order valence-corrected chi connectivity index (χ3v) is 9.69. The summed E-state index contributed by atoms with van der Waals surface area (Å²) < 4.78 is 24.4. The average molecular weight is 682 g/mol. The largest absolute Gasteiger partial charge is 0.491 e. The molecule has 4 heterocycles.